The van der Waals surface area contributed by atoms with Crippen LogP contribution in [0.2, 0.25) is 0 Å². The highest BCUT2D eigenvalue weighted by Crippen LogP contribution is 2.33. The third kappa shape index (κ3) is 7.28. The van der Waals surface area contributed by atoms with Crippen molar-refractivity contribution < 1.29 is 29.3 Å². The molecule has 1 fully saturated rings. The van der Waals surface area contributed by atoms with E-state index in [1.807, 2.05) is 26.0 Å². The van der Waals surface area contributed by atoms with E-state index in [9.17, 15) is 14.7 Å². The Morgan fingerprint density at radius 1 is 1.14 bits per heavy atom. The lowest BCUT2D eigenvalue weighted by atomic mass is 10.2. The summed E-state index contributed by atoms with van der Waals surface area (Å²) in [7, 11) is 0. The first-order chi connectivity index (χ1) is 17.7. The third-order valence-corrected chi connectivity index (χ3v) is 6.45. The van der Waals surface area contributed by atoms with Gasteiger partial charge in [-0.1, -0.05) is 0 Å². The number of anilines is 2. The number of aliphatic hydroxyl groups excluding tert-OH is 2. The van der Waals surface area contributed by atoms with Gasteiger partial charge in [0.2, 0.25) is 5.91 Å². The molecule has 3 aromatic rings. The van der Waals surface area contributed by atoms with Crippen LogP contribution in [0.25, 0.3) is 0 Å². The molecule has 37 heavy (non-hydrogen) atoms. The van der Waals surface area contributed by atoms with Crippen molar-refractivity contribution in [2.24, 2.45) is 5.92 Å². The molecule has 1 heterocycles. The summed E-state index contributed by atoms with van der Waals surface area (Å²) in [6.45, 7) is 5.61. The van der Waals surface area contributed by atoms with E-state index >= 15 is 0 Å². The number of hydrogen-bond donors (Lipinski definition) is 3. The highest BCUT2D eigenvalue weighted by Gasteiger charge is 2.26. The molecular formula is C27H31N3O6S. The predicted molar refractivity (Wildman–Crippen MR) is 142 cm³/mol. The highest BCUT2D eigenvalue weighted by molar-refractivity contribution is 7.14. The molecule has 9 nitrogen and oxygen atoms in total. The fourth-order valence-electron chi connectivity index (χ4n) is 3.67. The summed E-state index contributed by atoms with van der Waals surface area (Å²) >= 11 is 1.15. The van der Waals surface area contributed by atoms with Crippen LogP contribution < -0.4 is 19.7 Å². The summed E-state index contributed by atoms with van der Waals surface area (Å²) in [5, 5.41) is 23.4. The van der Waals surface area contributed by atoms with Gasteiger partial charge in [0.05, 0.1) is 18.4 Å². The van der Waals surface area contributed by atoms with Crippen molar-refractivity contribution in [3.05, 3.63) is 59.1 Å². The SMILES string of the molecule is CC(=O)N(CC1CC1)c1ccc(Oc2cc(OC(C)C)cc(C(=O)Nc3nc(C(O)CO)cs3)c2)cc1. The van der Waals surface area contributed by atoms with Crippen molar-refractivity contribution in [2.75, 3.05) is 23.4 Å². The van der Waals surface area contributed by atoms with Crippen LogP contribution in [-0.4, -0.2) is 46.3 Å². The van der Waals surface area contributed by atoms with Crippen molar-refractivity contribution >= 4 is 34.0 Å². The molecule has 1 aliphatic rings. The first-order valence-electron chi connectivity index (χ1n) is 12.1. The van der Waals surface area contributed by atoms with Gasteiger partial charge in [0.25, 0.3) is 5.91 Å². The summed E-state index contributed by atoms with van der Waals surface area (Å²) in [6, 6.07) is 12.2. The average molecular weight is 526 g/mol. The van der Waals surface area contributed by atoms with Crippen molar-refractivity contribution in [3.63, 3.8) is 0 Å². The zero-order valence-electron chi connectivity index (χ0n) is 21.0. The fraction of sp³-hybridized carbons (Fsp3) is 0.370. The van der Waals surface area contributed by atoms with E-state index in [1.165, 1.54) is 0 Å². The van der Waals surface area contributed by atoms with Crippen LogP contribution in [0.4, 0.5) is 10.8 Å². The van der Waals surface area contributed by atoms with Gasteiger partial charge in [-0.2, -0.15) is 0 Å². The monoisotopic (exact) mass is 525 g/mol. The maximum Gasteiger partial charge on any atom is 0.257 e. The number of benzene rings is 2. The Bertz CT molecular complexity index is 1240. The quantitative estimate of drug-likeness (QED) is 0.330. The molecule has 0 saturated heterocycles. The maximum absolute atomic E-state index is 13.0. The largest absolute Gasteiger partial charge is 0.491 e. The van der Waals surface area contributed by atoms with Gasteiger partial charge in [-0.05, 0) is 69.0 Å². The third-order valence-electron chi connectivity index (χ3n) is 5.67. The smallest absolute Gasteiger partial charge is 0.257 e. The lowest BCUT2D eigenvalue weighted by Gasteiger charge is -2.21. The highest BCUT2D eigenvalue weighted by atomic mass is 32.1. The number of aromatic nitrogens is 1. The molecule has 3 N–H and O–H groups in total. The van der Waals surface area contributed by atoms with Crippen molar-refractivity contribution in [1.29, 1.82) is 0 Å². The van der Waals surface area contributed by atoms with Crippen LogP contribution >= 0.6 is 11.3 Å². The van der Waals surface area contributed by atoms with Gasteiger partial charge >= 0.3 is 0 Å². The Balaban J connectivity index is 1.52. The van der Waals surface area contributed by atoms with Gasteiger partial charge < -0.3 is 24.6 Å². The topological polar surface area (TPSA) is 121 Å². The van der Waals surface area contributed by atoms with Gasteiger partial charge in [-0.25, -0.2) is 4.98 Å². The molecule has 2 amide bonds. The lowest BCUT2D eigenvalue weighted by Crippen LogP contribution is -2.30. The molecule has 1 unspecified atom stereocenters. The Kier molecular flexibility index (Phi) is 8.42. The Hall–Kier alpha value is -3.47. The van der Waals surface area contributed by atoms with Crippen LogP contribution in [0, 0.1) is 5.92 Å². The number of carbonyl (C=O) groups excluding carboxylic acids is 2. The second-order valence-electron chi connectivity index (χ2n) is 9.26. The molecule has 1 atom stereocenters. The fourth-order valence-corrected chi connectivity index (χ4v) is 4.42. The van der Waals surface area contributed by atoms with Crippen LogP contribution in [0.15, 0.2) is 47.8 Å². The molecule has 4 rings (SSSR count). The summed E-state index contributed by atoms with van der Waals surface area (Å²) in [4.78, 5) is 31.0. The van der Waals surface area contributed by atoms with Crippen molar-refractivity contribution in [2.45, 2.75) is 45.8 Å². The van der Waals surface area contributed by atoms with E-state index in [0.29, 0.717) is 33.9 Å². The van der Waals surface area contributed by atoms with Gasteiger partial charge in [-0.15, -0.1) is 11.3 Å². The minimum Gasteiger partial charge on any atom is -0.491 e. The summed E-state index contributed by atoms with van der Waals surface area (Å²) in [5.74, 6) is 1.59. The molecule has 0 bridgehead atoms. The molecule has 0 spiro atoms. The van der Waals surface area contributed by atoms with E-state index in [0.717, 1.165) is 36.4 Å². The summed E-state index contributed by atoms with van der Waals surface area (Å²) < 4.78 is 11.9. The number of nitrogens with one attached hydrogen (secondary N) is 1. The number of aliphatic hydroxyl groups is 2. The molecule has 196 valence electrons. The zero-order chi connectivity index (χ0) is 26.5. The van der Waals surface area contributed by atoms with Crippen LogP contribution in [0.1, 0.15) is 55.8 Å². The molecule has 1 aromatic heterocycles. The first kappa shape index (κ1) is 26.6. The maximum atomic E-state index is 13.0. The molecule has 2 aromatic carbocycles. The zero-order valence-corrected chi connectivity index (χ0v) is 21.8. The van der Waals surface area contributed by atoms with E-state index in [1.54, 1.807) is 47.5 Å². The molecule has 0 aliphatic heterocycles. The Morgan fingerprint density at radius 2 is 1.84 bits per heavy atom. The molecular weight excluding hydrogens is 494 g/mol. The van der Waals surface area contributed by atoms with E-state index in [2.05, 4.69) is 10.3 Å². The predicted octanol–water partition coefficient (Wildman–Crippen LogP) is 4.76. The summed E-state index contributed by atoms with van der Waals surface area (Å²) in [6.07, 6.45) is 1.09. The number of rotatable bonds is 11. The molecule has 1 aliphatic carbocycles. The average Bonchev–Trinajstić information content (AvgIpc) is 3.57. The number of thiazole rings is 1. The molecule has 1 saturated carbocycles. The van der Waals surface area contributed by atoms with Crippen molar-refractivity contribution in [3.8, 4) is 17.2 Å². The van der Waals surface area contributed by atoms with E-state index in [4.69, 9.17) is 14.6 Å². The second-order valence-corrected chi connectivity index (χ2v) is 10.1. The second kappa shape index (κ2) is 11.7. The normalized spacial score (nSPS) is 13.8. The van der Waals surface area contributed by atoms with Gasteiger partial charge in [0, 0.05) is 36.2 Å². The Labute approximate surface area is 219 Å². The van der Waals surface area contributed by atoms with E-state index in [-0.39, 0.29) is 17.7 Å². The van der Waals surface area contributed by atoms with Crippen LogP contribution in [-0.2, 0) is 4.79 Å². The van der Waals surface area contributed by atoms with Crippen molar-refractivity contribution in [1.82, 2.24) is 4.98 Å². The number of nitrogens with zero attached hydrogens (tertiary/aromatic N) is 2. The Morgan fingerprint density at radius 3 is 2.46 bits per heavy atom. The number of hydrogen-bond acceptors (Lipinski definition) is 8. The van der Waals surface area contributed by atoms with Crippen LogP contribution in [0.5, 0.6) is 17.2 Å². The first-order valence-corrected chi connectivity index (χ1v) is 13.0. The van der Waals surface area contributed by atoms with Gasteiger partial charge in [0.1, 0.15) is 23.4 Å². The number of ether oxygens (including phenoxy) is 2. The lowest BCUT2D eigenvalue weighted by molar-refractivity contribution is -0.116. The standard InChI is InChI=1S/C27H31N3O6S/c1-16(2)35-22-10-19(26(34)29-27-28-24(15-37-27)25(33)14-31)11-23(12-22)36-21-8-6-20(7-9-21)30(17(3)32)13-18-4-5-18/h6-12,15-16,18,25,31,33H,4-5,13-14H2,1-3H3,(H,28,29,34). The number of amides is 2. The van der Waals surface area contributed by atoms with Gasteiger partial charge in [-0.3, -0.25) is 14.9 Å². The number of carbonyl (C=O) groups is 2. The molecule has 0 radical (unpaired) electrons. The summed E-state index contributed by atoms with van der Waals surface area (Å²) in [5.41, 5.74) is 1.40. The van der Waals surface area contributed by atoms with E-state index < -0.39 is 18.6 Å². The van der Waals surface area contributed by atoms with Gasteiger partial charge in [0.15, 0.2) is 5.13 Å². The minimum absolute atomic E-state index is 0.00739. The van der Waals surface area contributed by atoms with Crippen LogP contribution in [0.3, 0.4) is 0 Å². The minimum atomic E-state index is -1.10. The molecule has 10 heteroatoms.